The quantitative estimate of drug-likeness (QED) is 0.909. The average molecular weight is 304 g/mol. The highest BCUT2D eigenvalue weighted by atomic mass is 35.5. The van der Waals surface area contributed by atoms with E-state index < -0.39 is 0 Å². The van der Waals surface area contributed by atoms with E-state index in [0.717, 1.165) is 12.8 Å². The second-order valence-corrected chi connectivity index (χ2v) is 5.24. The minimum absolute atomic E-state index is 0.0557. The molecule has 0 bridgehead atoms. The summed E-state index contributed by atoms with van der Waals surface area (Å²) in [6.07, 6.45) is 1.95. The Labute approximate surface area is 121 Å². The SMILES string of the molecule is COc1c(Cl)cc(C(=O)N(CCO)C2CC2)cc1Cl. The molecule has 1 aliphatic rings. The van der Waals surface area contributed by atoms with E-state index in [9.17, 15) is 4.79 Å². The smallest absolute Gasteiger partial charge is 0.254 e. The van der Waals surface area contributed by atoms with Crippen molar-refractivity contribution in [1.82, 2.24) is 4.90 Å². The Bertz CT molecular complexity index is 466. The Balaban J connectivity index is 2.27. The summed E-state index contributed by atoms with van der Waals surface area (Å²) < 4.78 is 5.05. The molecule has 1 N–H and O–H groups in total. The molecule has 0 aromatic heterocycles. The van der Waals surface area contributed by atoms with Crippen LogP contribution in [-0.2, 0) is 0 Å². The van der Waals surface area contributed by atoms with Crippen molar-refractivity contribution in [2.45, 2.75) is 18.9 Å². The topological polar surface area (TPSA) is 49.8 Å². The number of carbonyl (C=O) groups excluding carboxylic acids is 1. The molecule has 0 spiro atoms. The number of aliphatic hydroxyl groups excluding tert-OH is 1. The molecule has 104 valence electrons. The summed E-state index contributed by atoms with van der Waals surface area (Å²) >= 11 is 12.1. The molecule has 1 aliphatic carbocycles. The van der Waals surface area contributed by atoms with Crippen molar-refractivity contribution >= 4 is 29.1 Å². The van der Waals surface area contributed by atoms with Crippen LogP contribution < -0.4 is 4.74 Å². The summed E-state index contributed by atoms with van der Waals surface area (Å²) in [5, 5.41) is 9.64. The lowest BCUT2D eigenvalue weighted by Crippen LogP contribution is -2.35. The van der Waals surface area contributed by atoms with Crippen LogP contribution in [0.2, 0.25) is 10.0 Å². The molecule has 1 aromatic carbocycles. The fraction of sp³-hybridized carbons (Fsp3) is 0.462. The summed E-state index contributed by atoms with van der Waals surface area (Å²) in [6, 6.07) is 3.31. The van der Waals surface area contributed by atoms with Crippen molar-refractivity contribution < 1.29 is 14.6 Å². The van der Waals surface area contributed by atoms with E-state index in [0.29, 0.717) is 27.9 Å². The molecule has 0 atom stereocenters. The third-order valence-electron chi connectivity index (χ3n) is 3.04. The molecule has 0 unspecified atom stereocenters. The minimum Gasteiger partial charge on any atom is -0.494 e. The second-order valence-electron chi connectivity index (χ2n) is 4.43. The van der Waals surface area contributed by atoms with E-state index in [4.69, 9.17) is 33.0 Å². The molecule has 0 saturated heterocycles. The maximum absolute atomic E-state index is 12.4. The third-order valence-corrected chi connectivity index (χ3v) is 3.60. The van der Waals surface area contributed by atoms with Gasteiger partial charge in [-0.3, -0.25) is 4.79 Å². The number of amides is 1. The van der Waals surface area contributed by atoms with Gasteiger partial charge in [-0.1, -0.05) is 23.2 Å². The lowest BCUT2D eigenvalue weighted by Gasteiger charge is -2.22. The fourth-order valence-corrected chi connectivity index (χ4v) is 2.63. The highest BCUT2D eigenvalue weighted by Gasteiger charge is 2.33. The average Bonchev–Trinajstić information content (AvgIpc) is 3.19. The molecule has 1 fully saturated rings. The van der Waals surface area contributed by atoms with Gasteiger partial charge in [0.2, 0.25) is 0 Å². The molecule has 4 nitrogen and oxygen atoms in total. The van der Waals surface area contributed by atoms with Crippen LogP contribution >= 0.6 is 23.2 Å². The normalized spacial score (nSPS) is 14.3. The van der Waals surface area contributed by atoms with Crippen molar-refractivity contribution in [2.24, 2.45) is 0 Å². The first-order valence-electron chi connectivity index (χ1n) is 6.03. The van der Waals surface area contributed by atoms with Crippen LogP contribution in [0.5, 0.6) is 5.75 Å². The van der Waals surface area contributed by atoms with Gasteiger partial charge in [-0.2, -0.15) is 0 Å². The number of hydrogen-bond donors (Lipinski definition) is 1. The van der Waals surface area contributed by atoms with Crippen LogP contribution in [0, 0.1) is 0 Å². The van der Waals surface area contributed by atoms with Crippen molar-refractivity contribution in [2.75, 3.05) is 20.3 Å². The van der Waals surface area contributed by atoms with Crippen LogP contribution in [0.15, 0.2) is 12.1 Å². The number of hydrogen-bond acceptors (Lipinski definition) is 3. The molecule has 6 heteroatoms. The number of rotatable bonds is 5. The third kappa shape index (κ3) is 3.14. The molecule has 0 heterocycles. The van der Waals surface area contributed by atoms with E-state index in [1.807, 2.05) is 0 Å². The highest BCUT2D eigenvalue weighted by Crippen LogP contribution is 2.35. The number of methoxy groups -OCH3 is 1. The van der Waals surface area contributed by atoms with Gasteiger partial charge in [0.15, 0.2) is 5.75 Å². The monoisotopic (exact) mass is 303 g/mol. The first-order chi connectivity index (χ1) is 9.08. The predicted molar refractivity (Wildman–Crippen MR) is 74.2 cm³/mol. The minimum atomic E-state index is -0.164. The maximum Gasteiger partial charge on any atom is 0.254 e. The van der Waals surface area contributed by atoms with E-state index in [2.05, 4.69) is 0 Å². The molecular formula is C13H15Cl2NO3. The van der Waals surface area contributed by atoms with Gasteiger partial charge >= 0.3 is 0 Å². The van der Waals surface area contributed by atoms with Gasteiger partial charge in [-0.05, 0) is 25.0 Å². The molecule has 0 aliphatic heterocycles. The number of ether oxygens (including phenoxy) is 1. The second kappa shape index (κ2) is 5.99. The van der Waals surface area contributed by atoms with Crippen LogP contribution in [0.4, 0.5) is 0 Å². The first-order valence-corrected chi connectivity index (χ1v) is 6.79. The standard InChI is InChI=1S/C13H15Cl2NO3/c1-19-12-10(14)6-8(7-11(12)15)13(18)16(4-5-17)9-2-3-9/h6-7,9,17H,2-5H2,1H3. The van der Waals surface area contributed by atoms with Crippen molar-refractivity contribution in [3.05, 3.63) is 27.7 Å². The van der Waals surface area contributed by atoms with E-state index in [-0.39, 0.29) is 18.6 Å². The number of halogens is 2. The predicted octanol–water partition coefficient (Wildman–Crippen LogP) is 2.60. The molecule has 0 radical (unpaired) electrons. The summed E-state index contributed by atoms with van der Waals surface area (Å²) in [7, 11) is 1.47. The van der Waals surface area contributed by atoms with Crippen LogP contribution in [0.3, 0.4) is 0 Å². The Hall–Kier alpha value is -0.970. The van der Waals surface area contributed by atoms with Gasteiger partial charge in [-0.15, -0.1) is 0 Å². The Morgan fingerprint density at radius 2 is 2.00 bits per heavy atom. The molecule has 19 heavy (non-hydrogen) atoms. The zero-order valence-corrected chi connectivity index (χ0v) is 12.0. The maximum atomic E-state index is 12.4. The fourth-order valence-electron chi connectivity index (χ4n) is 1.99. The number of nitrogens with zero attached hydrogens (tertiary/aromatic N) is 1. The number of aliphatic hydroxyl groups is 1. The molecule has 1 saturated carbocycles. The van der Waals surface area contributed by atoms with Crippen LogP contribution in [-0.4, -0.2) is 42.2 Å². The zero-order chi connectivity index (χ0) is 14.0. The molecular weight excluding hydrogens is 289 g/mol. The summed E-state index contributed by atoms with van der Waals surface area (Å²) in [5.41, 5.74) is 0.413. The zero-order valence-electron chi connectivity index (χ0n) is 10.5. The van der Waals surface area contributed by atoms with E-state index in [1.54, 1.807) is 17.0 Å². The van der Waals surface area contributed by atoms with Gasteiger partial charge < -0.3 is 14.7 Å². The first kappa shape index (κ1) is 14.4. The van der Waals surface area contributed by atoms with Crippen molar-refractivity contribution in [3.63, 3.8) is 0 Å². The number of benzene rings is 1. The molecule has 1 aromatic rings. The Morgan fingerprint density at radius 1 is 1.42 bits per heavy atom. The van der Waals surface area contributed by atoms with Gasteiger partial charge in [-0.25, -0.2) is 0 Å². The number of carbonyl (C=O) groups is 1. The van der Waals surface area contributed by atoms with Gasteiger partial charge in [0.05, 0.1) is 23.8 Å². The largest absolute Gasteiger partial charge is 0.494 e. The van der Waals surface area contributed by atoms with Gasteiger partial charge in [0.25, 0.3) is 5.91 Å². The van der Waals surface area contributed by atoms with Gasteiger partial charge in [0, 0.05) is 18.2 Å². The lowest BCUT2D eigenvalue weighted by molar-refractivity contribution is 0.0707. The van der Waals surface area contributed by atoms with E-state index >= 15 is 0 Å². The van der Waals surface area contributed by atoms with Crippen molar-refractivity contribution in [3.8, 4) is 5.75 Å². The Morgan fingerprint density at radius 3 is 2.42 bits per heavy atom. The molecule has 2 rings (SSSR count). The molecule has 1 amide bonds. The van der Waals surface area contributed by atoms with Crippen molar-refractivity contribution in [1.29, 1.82) is 0 Å². The highest BCUT2D eigenvalue weighted by molar-refractivity contribution is 6.37. The van der Waals surface area contributed by atoms with E-state index in [1.165, 1.54) is 7.11 Å². The summed E-state index contributed by atoms with van der Waals surface area (Å²) in [5.74, 6) is 0.197. The Kier molecular flexibility index (Phi) is 4.55. The lowest BCUT2D eigenvalue weighted by atomic mass is 10.2. The van der Waals surface area contributed by atoms with Crippen LogP contribution in [0.1, 0.15) is 23.2 Å². The van der Waals surface area contributed by atoms with Gasteiger partial charge in [0.1, 0.15) is 0 Å². The summed E-state index contributed by atoms with van der Waals surface area (Å²) in [4.78, 5) is 14.0. The summed E-state index contributed by atoms with van der Waals surface area (Å²) in [6.45, 7) is 0.268. The van der Waals surface area contributed by atoms with Crippen LogP contribution in [0.25, 0.3) is 0 Å².